The molecule has 0 unspecified atom stereocenters. The minimum absolute atomic E-state index is 0. The molecule has 1 aliphatic heterocycles. The molecule has 0 bridgehead atoms. The number of rotatable bonds is 5. The summed E-state index contributed by atoms with van der Waals surface area (Å²) in [5, 5.41) is 0. The van der Waals surface area contributed by atoms with Gasteiger partial charge in [-0.05, 0) is 61.4 Å². The van der Waals surface area contributed by atoms with Gasteiger partial charge in [0.1, 0.15) is 17.2 Å². The summed E-state index contributed by atoms with van der Waals surface area (Å²) in [4.78, 5) is 0.269. The van der Waals surface area contributed by atoms with Crippen LogP contribution in [0.4, 0.5) is 0 Å². The van der Waals surface area contributed by atoms with Gasteiger partial charge in [0.05, 0.1) is 12.0 Å². The molecule has 1 aliphatic rings. The average molecular weight is 399 g/mol. The fourth-order valence-corrected chi connectivity index (χ4v) is 4.19. The van der Waals surface area contributed by atoms with Crippen LogP contribution in [0.5, 0.6) is 17.2 Å². The van der Waals surface area contributed by atoms with Crippen molar-refractivity contribution >= 4 is 22.4 Å². The summed E-state index contributed by atoms with van der Waals surface area (Å²) in [6, 6.07) is 13.7. The maximum Gasteiger partial charge on any atom is 0.243 e. The van der Waals surface area contributed by atoms with E-state index in [0.717, 1.165) is 5.75 Å². The summed E-state index contributed by atoms with van der Waals surface area (Å²) in [7, 11) is -1.88. The third-order valence-electron chi connectivity index (χ3n) is 4.26. The van der Waals surface area contributed by atoms with E-state index in [2.05, 4.69) is 0 Å². The van der Waals surface area contributed by atoms with Gasteiger partial charge in [-0.2, -0.15) is 4.31 Å². The average Bonchev–Trinajstić information content (AvgIpc) is 2.63. The van der Waals surface area contributed by atoms with Crippen LogP contribution in [0.15, 0.2) is 53.4 Å². The fourth-order valence-electron chi connectivity index (χ4n) is 2.72. The second-order valence-corrected chi connectivity index (χ2v) is 7.93. The number of hydrogen-bond acceptors (Lipinski definition) is 5. The summed E-state index contributed by atoms with van der Waals surface area (Å²) >= 11 is 0. The van der Waals surface area contributed by atoms with Crippen LogP contribution in [-0.4, -0.2) is 39.0 Å². The molecular weight excluding hydrogens is 376 g/mol. The third kappa shape index (κ3) is 4.67. The van der Waals surface area contributed by atoms with Crippen molar-refractivity contribution < 1.29 is 17.9 Å². The maximum absolute atomic E-state index is 12.7. The lowest BCUT2D eigenvalue weighted by Crippen LogP contribution is -2.42. The van der Waals surface area contributed by atoms with Crippen molar-refractivity contribution in [3.63, 3.8) is 0 Å². The molecule has 1 saturated heterocycles. The van der Waals surface area contributed by atoms with E-state index in [4.69, 9.17) is 15.2 Å². The van der Waals surface area contributed by atoms with Gasteiger partial charge < -0.3 is 15.2 Å². The lowest BCUT2D eigenvalue weighted by molar-refractivity contribution is 0.320. The molecule has 0 saturated carbocycles. The molecule has 0 aromatic heterocycles. The van der Waals surface area contributed by atoms with Gasteiger partial charge in [0.2, 0.25) is 10.0 Å². The molecular formula is C18H23ClN2O4S. The summed E-state index contributed by atoms with van der Waals surface area (Å²) < 4.78 is 37.7. The molecule has 2 aromatic rings. The van der Waals surface area contributed by atoms with Crippen molar-refractivity contribution in [2.24, 2.45) is 5.73 Å². The van der Waals surface area contributed by atoms with Crippen LogP contribution in [0.25, 0.3) is 0 Å². The number of nitrogens with zero attached hydrogens (tertiary/aromatic N) is 1. The predicted molar refractivity (Wildman–Crippen MR) is 103 cm³/mol. The summed E-state index contributed by atoms with van der Waals surface area (Å²) in [5.74, 6) is 1.97. The Morgan fingerprint density at radius 3 is 1.88 bits per heavy atom. The topological polar surface area (TPSA) is 81.9 Å². The Morgan fingerprint density at radius 2 is 1.38 bits per heavy atom. The van der Waals surface area contributed by atoms with Crippen molar-refractivity contribution in [3.05, 3.63) is 48.5 Å². The zero-order chi connectivity index (χ0) is 17.9. The molecule has 2 N–H and O–H groups in total. The number of ether oxygens (including phenoxy) is 2. The van der Waals surface area contributed by atoms with Gasteiger partial charge in [-0.3, -0.25) is 0 Å². The molecule has 0 radical (unpaired) electrons. The van der Waals surface area contributed by atoms with Crippen LogP contribution in [0.3, 0.4) is 0 Å². The molecule has 0 amide bonds. The Kier molecular flexibility index (Phi) is 6.88. The number of piperidine rings is 1. The van der Waals surface area contributed by atoms with Crippen molar-refractivity contribution in [3.8, 4) is 17.2 Å². The maximum atomic E-state index is 12.7. The first-order valence-corrected chi connectivity index (χ1v) is 9.61. The van der Waals surface area contributed by atoms with Gasteiger partial charge in [-0.25, -0.2) is 8.42 Å². The van der Waals surface area contributed by atoms with Gasteiger partial charge >= 0.3 is 0 Å². The summed E-state index contributed by atoms with van der Waals surface area (Å²) in [5.41, 5.74) is 5.84. The molecule has 3 rings (SSSR count). The minimum atomic E-state index is -3.48. The van der Waals surface area contributed by atoms with E-state index in [0.29, 0.717) is 37.4 Å². The van der Waals surface area contributed by atoms with E-state index in [1.165, 1.54) is 4.31 Å². The lowest BCUT2D eigenvalue weighted by Gasteiger charge is -2.29. The largest absolute Gasteiger partial charge is 0.497 e. The number of halogens is 1. The first kappa shape index (κ1) is 20.5. The summed E-state index contributed by atoms with van der Waals surface area (Å²) in [6.07, 6.45) is 1.38. The second-order valence-electron chi connectivity index (χ2n) is 5.99. The van der Waals surface area contributed by atoms with Gasteiger partial charge in [-0.15, -0.1) is 12.4 Å². The van der Waals surface area contributed by atoms with Crippen LogP contribution in [0.1, 0.15) is 12.8 Å². The molecule has 0 aliphatic carbocycles. The van der Waals surface area contributed by atoms with Crippen LogP contribution in [-0.2, 0) is 10.0 Å². The molecule has 1 heterocycles. The Balaban J connectivity index is 0.00000243. The third-order valence-corrected chi connectivity index (χ3v) is 6.17. The predicted octanol–water partition coefficient (Wildman–Crippen LogP) is 3.02. The van der Waals surface area contributed by atoms with Crippen molar-refractivity contribution in [1.29, 1.82) is 0 Å². The first-order valence-electron chi connectivity index (χ1n) is 8.17. The molecule has 2 aromatic carbocycles. The molecule has 0 spiro atoms. The van der Waals surface area contributed by atoms with E-state index in [-0.39, 0.29) is 23.3 Å². The highest BCUT2D eigenvalue weighted by Gasteiger charge is 2.28. The Morgan fingerprint density at radius 1 is 0.923 bits per heavy atom. The quantitative estimate of drug-likeness (QED) is 0.837. The van der Waals surface area contributed by atoms with E-state index in [9.17, 15) is 8.42 Å². The normalized spacial score (nSPS) is 15.9. The number of benzene rings is 2. The highest BCUT2D eigenvalue weighted by molar-refractivity contribution is 7.89. The van der Waals surface area contributed by atoms with Crippen molar-refractivity contribution in [2.45, 2.75) is 23.8 Å². The SMILES string of the molecule is COc1ccc(Oc2ccc(S(=O)(=O)N3CCC(N)CC3)cc2)cc1.Cl. The van der Waals surface area contributed by atoms with Crippen molar-refractivity contribution in [2.75, 3.05) is 20.2 Å². The minimum Gasteiger partial charge on any atom is -0.497 e. The Hall–Kier alpha value is -1.80. The second kappa shape index (κ2) is 8.73. The molecule has 142 valence electrons. The fraction of sp³-hybridized carbons (Fsp3) is 0.333. The smallest absolute Gasteiger partial charge is 0.243 e. The van der Waals surface area contributed by atoms with Gasteiger partial charge in [0, 0.05) is 19.1 Å². The molecule has 1 fully saturated rings. The molecule has 8 heteroatoms. The van der Waals surface area contributed by atoms with Gasteiger partial charge in [0.25, 0.3) is 0 Å². The highest BCUT2D eigenvalue weighted by atomic mass is 35.5. The van der Waals surface area contributed by atoms with E-state index < -0.39 is 10.0 Å². The Bertz CT molecular complexity index is 802. The number of methoxy groups -OCH3 is 1. The zero-order valence-electron chi connectivity index (χ0n) is 14.5. The van der Waals surface area contributed by atoms with E-state index in [1.807, 2.05) is 0 Å². The van der Waals surface area contributed by atoms with Crippen LogP contribution in [0, 0.1) is 0 Å². The number of nitrogens with two attached hydrogens (primary N) is 1. The molecule has 26 heavy (non-hydrogen) atoms. The first-order chi connectivity index (χ1) is 12.0. The van der Waals surface area contributed by atoms with Crippen LogP contribution in [0.2, 0.25) is 0 Å². The van der Waals surface area contributed by atoms with Crippen LogP contribution >= 0.6 is 12.4 Å². The highest BCUT2D eigenvalue weighted by Crippen LogP contribution is 2.26. The summed E-state index contributed by atoms with van der Waals surface area (Å²) in [6.45, 7) is 0.932. The van der Waals surface area contributed by atoms with Crippen molar-refractivity contribution in [1.82, 2.24) is 4.31 Å². The van der Waals surface area contributed by atoms with Gasteiger partial charge in [0.15, 0.2) is 0 Å². The van der Waals surface area contributed by atoms with Gasteiger partial charge in [-0.1, -0.05) is 0 Å². The number of hydrogen-bond donors (Lipinski definition) is 1. The standard InChI is InChI=1S/C18H22N2O4S.ClH/c1-23-15-2-4-16(5-3-15)24-17-6-8-18(9-7-17)25(21,22)20-12-10-14(19)11-13-20;/h2-9,14H,10-13,19H2,1H3;1H. The molecule has 0 atom stereocenters. The van der Waals surface area contributed by atoms with E-state index in [1.54, 1.807) is 55.6 Å². The van der Waals surface area contributed by atoms with Crippen LogP contribution < -0.4 is 15.2 Å². The zero-order valence-corrected chi connectivity index (χ0v) is 16.1. The van der Waals surface area contributed by atoms with E-state index >= 15 is 0 Å². The monoisotopic (exact) mass is 398 g/mol. The lowest BCUT2D eigenvalue weighted by atomic mass is 10.1. The Labute approximate surface area is 160 Å². The molecule has 6 nitrogen and oxygen atoms in total. The number of sulfonamides is 1.